The molecule has 84 valence electrons. The van der Waals surface area contributed by atoms with Gasteiger partial charge in [0.2, 0.25) is 0 Å². The fourth-order valence-electron chi connectivity index (χ4n) is 1.83. The summed E-state index contributed by atoms with van der Waals surface area (Å²) < 4.78 is 0. The van der Waals surface area contributed by atoms with E-state index in [1.165, 1.54) is 31.8 Å². The summed E-state index contributed by atoms with van der Waals surface area (Å²) in [4.78, 5) is 2.61. The number of thiol groups is 1. The highest BCUT2D eigenvalue weighted by Crippen LogP contribution is 2.25. The van der Waals surface area contributed by atoms with Crippen molar-refractivity contribution in [3.05, 3.63) is 0 Å². The summed E-state index contributed by atoms with van der Waals surface area (Å²) >= 11 is 6.55. The van der Waals surface area contributed by atoms with Crippen LogP contribution in [0.2, 0.25) is 0 Å². The molecule has 0 amide bonds. The van der Waals surface area contributed by atoms with Crippen LogP contribution in [0, 0.1) is 5.41 Å². The topological polar surface area (TPSA) is 3.24 Å². The van der Waals surface area contributed by atoms with Crippen molar-refractivity contribution in [2.45, 2.75) is 32.4 Å². The Kier molecular flexibility index (Phi) is 5.15. The summed E-state index contributed by atoms with van der Waals surface area (Å²) in [7, 11) is 0. The zero-order valence-corrected chi connectivity index (χ0v) is 11.3. The van der Waals surface area contributed by atoms with Gasteiger partial charge in [-0.2, -0.15) is 24.4 Å². The van der Waals surface area contributed by atoms with Gasteiger partial charge in [-0.3, -0.25) is 0 Å². The maximum absolute atomic E-state index is 4.41. The van der Waals surface area contributed by atoms with E-state index in [-0.39, 0.29) is 0 Å². The molecule has 1 nitrogen and oxygen atoms in total. The molecule has 1 heterocycles. The fourth-order valence-corrected chi connectivity index (χ4v) is 3.18. The molecule has 14 heavy (non-hydrogen) atoms. The summed E-state index contributed by atoms with van der Waals surface area (Å²) in [5.74, 6) is 2.29. The van der Waals surface area contributed by atoms with Crippen LogP contribution in [0.3, 0.4) is 0 Å². The van der Waals surface area contributed by atoms with E-state index in [2.05, 4.69) is 50.1 Å². The maximum Gasteiger partial charge on any atom is 0.0172 e. The fraction of sp³-hybridized carbons (Fsp3) is 1.00. The second-order valence-corrected chi connectivity index (χ2v) is 6.68. The van der Waals surface area contributed by atoms with Crippen molar-refractivity contribution in [1.82, 2.24) is 4.90 Å². The molecule has 0 aliphatic carbocycles. The van der Waals surface area contributed by atoms with Gasteiger partial charge >= 0.3 is 0 Å². The van der Waals surface area contributed by atoms with Crippen molar-refractivity contribution in [2.75, 3.05) is 31.1 Å². The second kappa shape index (κ2) is 5.66. The first kappa shape index (κ1) is 12.7. The minimum absolute atomic E-state index is 0.364. The van der Waals surface area contributed by atoms with Gasteiger partial charge < -0.3 is 4.90 Å². The van der Waals surface area contributed by atoms with E-state index < -0.39 is 0 Å². The molecule has 1 unspecified atom stereocenters. The van der Waals surface area contributed by atoms with Gasteiger partial charge in [0.05, 0.1) is 0 Å². The van der Waals surface area contributed by atoms with E-state index in [1.807, 2.05) is 0 Å². The number of rotatable bonds is 4. The largest absolute Gasteiger partial charge is 0.301 e. The van der Waals surface area contributed by atoms with E-state index in [0.29, 0.717) is 5.41 Å². The number of hydrogen-bond donors (Lipinski definition) is 1. The maximum atomic E-state index is 4.41. The van der Waals surface area contributed by atoms with E-state index in [9.17, 15) is 0 Å². The second-order valence-electron chi connectivity index (χ2n) is 4.96. The van der Waals surface area contributed by atoms with Crippen molar-refractivity contribution in [3.63, 3.8) is 0 Å². The Bertz CT molecular complexity index is 171. The molecule has 0 saturated carbocycles. The van der Waals surface area contributed by atoms with Crippen LogP contribution in [0.1, 0.15) is 27.2 Å². The Morgan fingerprint density at radius 3 is 2.79 bits per heavy atom. The molecular weight excluding hydrogens is 210 g/mol. The monoisotopic (exact) mass is 233 g/mol. The van der Waals surface area contributed by atoms with Crippen molar-refractivity contribution in [2.24, 2.45) is 5.41 Å². The quantitative estimate of drug-likeness (QED) is 0.744. The Morgan fingerprint density at radius 2 is 2.21 bits per heavy atom. The highest BCUT2D eigenvalue weighted by atomic mass is 32.2. The molecule has 1 rings (SSSR count). The summed E-state index contributed by atoms with van der Waals surface area (Å²) in [6.07, 6.45) is 1.31. The number of nitrogens with zero attached hydrogens (tertiary/aromatic N) is 1. The van der Waals surface area contributed by atoms with Crippen LogP contribution in [-0.4, -0.2) is 41.3 Å². The lowest BCUT2D eigenvalue weighted by Crippen LogP contribution is -2.43. The molecule has 0 N–H and O–H groups in total. The van der Waals surface area contributed by atoms with Crippen molar-refractivity contribution < 1.29 is 0 Å². The Balaban J connectivity index is 2.37. The van der Waals surface area contributed by atoms with Gasteiger partial charge in [-0.15, -0.1) is 0 Å². The standard InChI is InChI=1S/C11H23NS2/c1-4-10-7-12(5-6-14-10)8-11(2,3)9-13/h10,13H,4-9H2,1-3H3. The third-order valence-corrected chi connectivity index (χ3v) is 4.99. The van der Waals surface area contributed by atoms with E-state index in [4.69, 9.17) is 0 Å². The molecule has 0 spiro atoms. The molecule has 0 aromatic rings. The highest BCUT2D eigenvalue weighted by molar-refractivity contribution is 8.00. The van der Waals surface area contributed by atoms with Gasteiger partial charge in [0, 0.05) is 30.6 Å². The molecule has 0 radical (unpaired) electrons. The number of hydrogen-bond acceptors (Lipinski definition) is 3. The smallest absolute Gasteiger partial charge is 0.0172 e. The van der Waals surface area contributed by atoms with Crippen LogP contribution in [0.15, 0.2) is 0 Å². The zero-order valence-electron chi connectivity index (χ0n) is 9.62. The highest BCUT2D eigenvalue weighted by Gasteiger charge is 2.24. The van der Waals surface area contributed by atoms with E-state index in [0.717, 1.165) is 11.0 Å². The summed E-state index contributed by atoms with van der Waals surface area (Å²) in [5, 5.41) is 0.861. The van der Waals surface area contributed by atoms with Gasteiger partial charge in [-0.05, 0) is 17.6 Å². The van der Waals surface area contributed by atoms with Gasteiger partial charge in [0.15, 0.2) is 0 Å². The normalized spacial score (nSPS) is 25.3. The van der Waals surface area contributed by atoms with E-state index >= 15 is 0 Å². The summed E-state index contributed by atoms with van der Waals surface area (Å²) in [6.45, 7) is 10.7. The van der Waals surface area contributed by atoms with Crippen LogP contribution in [0.5, 0.6) is 0 Å². The lowest BCUT2D eigenvalue weighted by Gasteiger charge is -2.37. The third kappa shape index (κ3) is 4.03. The van der Waals surface area contributed by atoms with Crippen molar-refractivity contribution in [1.29, 1.82) is 0 Å². The van der Waals surface area contributed by atoms with Crippen molar-refractivity contribution in [3.8, 4) is 0 Å². The molecule has 0 aromatic carbocycles. The lowest BCUT2D eigenvalue weighted by atomic mass is 9.95. The Labute approximate surface area is 98.4 Å². The Hall–Kier alpha value is 0.660. The molecule has 1 aliphatic rings. The zero-order chi connectivity index (χ0) is 10.6. The number of thioether (sulfide) groups is 1. The molecule has 3 heteroatoms. The molecule has 1 fully saturated rings. The molecule has 1 saturated heterocycles. The first-order valence-corrected chi connectivity index (χ1v) is 7.20. The minimum Gasteiger partial charge on any atom is -0.301 e. The van der Waals surface area contributed by atoms with Gasteiger partial charge in [0.25, 0.3) is 0 Å². The average Bonchev–Trinajstić information content (AvgIpc) is 2.17. The Morgan fingerprint density at radius 1 is 1.50 bits per heavy atom. The van der Waals surface area contributed by atoms with Gasteiger partial charge in [0.1, 0.15) is 0 Å². The first-order chi connectivity index (χ1) is 6.57. The van der Waals surface area contributed by atoms with Crippen LogP contribution >= 0.6 is 24.4 Å². The first-order valence-electron chi connectivity index (χ1n) is 5.52. The summed E-state index contributed by atoms with van der Waals surface area (Å²) in [5.41, 5.74) is 0.364. The van der Waals surface area contributed by atoms with Gasteiger partial charge in [-0.25, -0.2) is 0 Å². The predicted molar refractivity (Wildman–Crippen MR) is 70.6 cm³/mol. The molecule has 0 bridgehead atoms. The lowest BCUT2D eigenvalue weighted by molar-refractivity contribution is 0.199. The van der Waals surface area contributed by atoms with Crippen LogP contribution < -0.4 is 0 Å². The van der Waals surface area contributed by atoms with Crippen LogP contribution in [-0.2, 0) is 0 Å². The van der Waals surface area contributed by atoms with Gasteiger partial charge in [-0.1, -0.05) is 20.8 Å². The van der Waals surface area contributed by atoms with Crippen molar-refractivity contribution >= 4 is 24.4 Å². The predicted octanol–water partition coefficient (Wildman–Crippen LogP) is 2.77. The SMILES string of the molecule is CCC1CN(CC(C)(C)CS)CCS1. The summed E-state index contributed by atoms with van der Waals surface area (Å²) in [6, 6.07) is 0. The minimum atomic E-state index is 0.364. The van der Waals surface area contributed by atoms with E-state index in [1.54, 1.807) is 0 Å². The third-order valence-electron chi connectivity index (χ3n) is 2.76. The van der Waals surface area contributed by atoms with Crippen LogP contribution in [0.25, 0.3) is 0 Å². The average molecular weight is 233 g/mol. The van der Waals surface area contributed by atoms with Crippen LogP contribution in [0.4, 0.5) is 0 Å². The molecule has 1 aliphatic heterocycles. The molecule has 1 atom stereocenters. The molecular formula is C11H23NS2. The molecule has 0 aromatic heterocycles.